The van der Waals surface area contributed by atoms with E-state index in [0.717, 1.165) is 57.2 Å². The van der Waals surface area contributed by atoms with Crippen LogP contribution < -0.4 is 5.32 Å². The van der Waals surface area contributed by atoms with Crippen molar-refractivity contribution >= 4 is 5.91 Å². The number of hydrogen-bond acceptors (Lipinski definition) is 4. The van der Waals surface area contributed by atoms with Crippen LogP contribution in [0.5, 0.6) is 0 Å². The van der Waals surface area contributed by atoms with Gasteiger partial charge in [-0.25, -0.2) is 4.98 Å². The van der Waals surface area contributed by atoms with E-state index in [-0.39, 0.29) is 5.91 Å². The maximum atomic E-state index is 13.0. The predicted molar refractivity (Wildman–Crippen MR) is 106 cm³/mol. The summed E-state index contributed by atoms with van der Waals surface area (Å²) in [7, 11) is 2.02. The molecule has 1 aromatic carbocycles. The van der Waals surface area contributed by atoms with Gasteiger partial charge in [0, 0.05) is 57.7 Å². The van der Waals surface area contributed by atoms with E-state index in [0.29, 0.717) is 5.92 Å². The molecule has 2 aliphatic rings. The van der Waals surface area contributed by atoms with Gasteiger partial charge in [-0.05, 0) is 43.0 Å². The highest BCUT2D eigenvalue weighted by Gasteiger charge is 2.24. The van der Waals surface area contributed by atoms with Gasteiger partial charge < -0.3 is 14.8 Å². The second-order valence-electron chi connectivity index (χ2n) is 7.69. The van der Waals surface area contributed by atoms with Gasteiger partial charge in [0.2, 0.25) is 0 Å². The number of carbonyl (C=O) groups excluding carboxylic acids is 1. The molecule has 6 nitrogen and oxygen atoms in total. The Hall–Kier alpha value is -2.18. The summed E-state index contributed by atoms with van der Waals surface area (Å²) in [4.78, 5) is 21.8. The monoisotopic (exact) mass is 367 g/mol. The molecule has 2 fully saturated rings. The van der Waals surface area contributed by atoms with Gasteiger partial charge in [0.1, 0.15) is 5.82 Å². The highest BCUT2D eigenvalue weighted by molar-refractivity contribution is 5.94. The topological polar surface area (TPSA) is 53.4 Å². The van der Waals surface area contributed by atoms with E-state index in [1.807, 2.05) is 36.5 Å². The SMILES string of the molecule is Cn1ccnc1CN1CCN(C(=O)c2cccc(C3CCCNC3)c2)CC1. The van der Waals surface area contributed by atoms with E-state index in [1.165, 1.54) is 18.4 Å². The zero-order valence-corrected chi connectivity index (χ0v) is 16.1. The van der Waals surface area contributed by atoms with Crippen molar-refractivity contribution in [2.75, 3.05) is 39.3 Å². The number of hydrogen-bond donors (Lipinski definition) is 1. The summed E-state index contributed by atoms with van der Waals surface area (Å²) in [5, 5.41) is 3.46. The fourth-order valence-electron chi connectivity index (χ4n) is 4.10. The number of nitrogens with one attached hydrogen (secondary N) is 1. The molecule has 2 aliphatic heterocycles. The lowest BCUT2D eigenvalue weighted by Gasteiger charge is -2.34. The smallest absolute Gasteiger partial charge is 0.253 e. The molecule has 0 radical (unpaired) electrons. The largest absolute Gasteiger partial charge is 0.337 e. The van der Waals surface area contributed by atoms with Crippen molar-refractivity contribution in [3.8, 4) is 0 Å². The van der Waals surface area contributed by atoms with Gasteiger partial charge in [-0.3, -0.25) is 9.69 Å². The number of carbonyl (C=O) groups is 1. The first-order chi connectivity index (χ1) is 13.2. The molecule has 0 bridgehead atoms. The molecule has 1 aromatic heterocycles. The van der Waals surface area contributed by atoms with E-state index in [2.05, 4.69) is 31.9 Å². The second-order valence-corrected chi connectivity index (χ2v) is 7.69. The zero-order chi connectivity index (χ0) is 18.6. The number of aromatic nitrogens is 2. The summed E-state index contributed by atoms with van der Waals surface area (Å²) in [5.74, 6) is 1.77. The maximum Gasteiger partial charge on any atom is 0.253 e. The number of nitrogens with zero attached hydrogens (tertiary/aromatic N) is 4. The average molecular weight is 367 g/mol. The quantitative estimate of drug-likeness (QED) is 0.896. The Bertz CT molecular complexity index is 772. The Balaban J connectivity index is 1.36. The first-order valence-corrected chi connectivity index (χ1v) is 9.99. The van der Waals surface area contributed by atoms with E-state index in [9.17, 15) is 4.79 Å². The Kier molecular flexibility index (Phi) is 5.55. The number of imidazole rings is 1. The number of benzene rings is 1. The first-order valence-electron chi connectivity index (χ1n) is 9.99. The molecule has 4 rings (SSSR count). The van der Waals surface area contributed by atoms with Crippen molar-refractivity contribution in [1.29, 1.82) is 0 Å². The number of rotatable bonds is 4. The molecule has 27 heavy (non-hydrogen) atoms. The third kappa shape index (κ3) is 4.22. The minimum Gasteiger partial charge on any atom is -0.337 e. The van der Waals surface area contributed by atoms with Gasteiger partial charge in [-0.15, -0.1) is 0 Å². The van der Waals surface area contributed by atoms with Crippen LogP contribution in [0.4, 0.5) is 0 Å². The zero-order valence-electron chi connectivity index (χ0n) is 16.1. The number of aryl methyl sites for hydroxylation is 1. The molecule has 1 unspecified atom stereocenters. The predicted octanol–water partition coefficient (Wildman–Crippen LogP) is 1.85. The van der Waals surface area contributed by atoms with Crippen LogP contribution in [0.15, 0.2) is 36.7 Å². The number of amides is 1. The average Bonchev–Trinajstić information content (AvgIpc) is 3.13. The standard InChI is InChI=1S/C21H29N5O/c1-24-9-8-23-20(24)16-25-10-12-26(13-11-25)21(27)18-5-2-4-17(14-18)19-6-3-7-22-15-19/h2,4-5,8-9,14,19,22H,3,6-7,10-13,15-16H2,1H3. The molecule has 144 valence electrons. The maximum absolute atomic E-state index is 13.0. The fourth-order valence-corrected chi connectivity index (χ4v) is 4.10. The molecule has 1 N–H and O–H groups in total. The van der Waals surface area contributed by atoms with Crippen LogP contribution in [0.3, 0.4) is 0 Å². The van der Waals surface area contributed by atoms with Crippen molar-refractivity contribution < 1.29 is 4.79 Å². The summed E-state index contributed by atoms with van der Waals surface area (Å²) < 4.78 is 2.06. The van der Waals surface area contributed by atoms with E-state index in [1.54, 1.807) is 0 Å². The van der Waals surface area contributed by atoms with Gasteiger partial charge in [0.15, 0.2) is 0 Å². The van der Waals surface area contributed by atoms with E-state index >= 15 is 0 Å². The van der Waals surface area contributed by atoms with Crippen LogP contribution in [0.25, 0.3) is 0 Å². The van der Waals surface area contributed by atoms with Gasteiger partial charge in [-0.1, -0.05) is 12.1 Å². The fraction of sp³-hybridized carbons (Fsp3) is 0.524. The molecule has 2 saturated heterocycles. The van der Waals surface area contributed by atoms with Crippen LogP contribution in [0, 0.1) is 0 Å². The minimum absolute atomic E-state index is 0.164. The third-order valence-corrected chi connectivity index (χ3v) is 5.85. The number of piperidine rings is 1. The number of piperazine rings is 1. The van der Waals surface area contributed by atoms with Crippen LogP contribution in [-0.4, -0.2) is 64.5 Å². The lowest BCUT2D eigenvalue weighted by molar-refractivity contribution is 0.0624. The molecular weight excluding hydrogens is 338 g/mol. The Morgan fingerprint density at radius 3 is 2.81 bits per heavy atom. The van der Waals surface area contributed by atoms with Crippen LogP contribution in [0.2, 0.25) is 0 Å². The van der Waals surface area contributed by atoms with Gasteiger partial charge in [-0.2, -0.15) is 0 Å². The molecule has 6 heteroatoms. The van der Waals surface area contributed by atoms with Crippen molar-refractivity contribution in [2.24, 2.45) is 7.05 Å². The van der Waals surface area contributed by atoms with Gasteiger partial charge in [0.25, 0.3) is 5.91 Å². The lowest BCUT2D eigenvalue weighted by atomic mass is 9.90. The van der Waals surface area contributed by atoms with Crippen molar-refractivity contribution in [2.45, 2.75) is 25.3 Å². The Morgan fingerprint density at radius 2 is 2.11 bits per heavy atom. The highest BCUT2D eigenvalue weighted by Crippen LogP contribution is 2.24. The summed E-state index contributed by atoms with van der Waals surface area (Å²) in [5.41, 5.74) is 2.12. The van der Waals surface area contributed by atoms with E-state index in [4.69, 9.17) is 0 Å². The van der Waals surface area contributed by atoms with Crippen LogP contribution in [0.1, 0.15) is 40.5 Å². The summed E-state index contributed by atoms with van der Waals surface area (Å²) >= 11 is 0. The minimum atomic E-state index is 0.164. The van der Waals surface area contributed by atoms with E-state index < -0.39 is 0 Å². The van der Waals surface area contributed by atoms with Crippen molar-refractivity contribution in [3.05, 3.63) is 53.6 Å². The van der Waals surface area contributed by atoms with Crippen molar-refractivity contribution in [3.63, 3.8) is 0 Å². The molecule has 2 aromatic rings. The molecule has 1 amide bonds. The normalized spacial score (nSPS) is 21.4. The van der Waals surface area contributed by atoms with Crippen LogP contribution >= 0.6 is 0 Å². The molecule has 3 heterocycles. The van der Waals surface area contributed by atoms with Crippen molar-refractivity contribution in [1.82, 2.24) is 24.7 Å². The summed E-state index contributed by atoms with van der Waals surface area (Å²) in [6, 6.07) is 8.27. The Morgan fingerprint density at radius 1 is 1.26 bits per heavy atom. The highest BCUT2D eigenvalue weighted by atomic mass is 16.2. The first kappa shape index (κ1) is 18.2. The van der Waals surface area contributed by atoms with Crippen LogP contribution in [-0.2, 0) is 13.6 Å². The summed E-state index contributed by atoms with van der Waals surface area (Å²) in [6.45, 7) is 6.31. The third-order valence-electron chi connectivity index (χ3n) is 5.85. The molecule has 1 atom stereocenters. The summed E-state index contributed by atoms with van der Waals surface area (Å²) in [6.07, 6.45) is 6.23. The molecule has 0 spiro atoms. The van der Waals surface area contributed by atoms with Gasteiger partial charge in [0.05, 0.1) is 6.54 Å². The Labute approximate surface area is 161 Å². The second kappa shape index (κ2) is 8.23. The molecular formula is C21H29N5O. The molecule has 0 aliphatic carbocycles. The molecule has 0 saturated carbocycles. The van der Waals surface area contributed by atoms with Gasteiger partial charge >= 0.3 is 0 Å². The lowest BCUT2D eigenvalue weighted by Crippen LogP contribution is -2.48.